The molecule has 0 aromatic heterocycles. The molecule has 0 saturated carbocycles. The number of nitrogens with zero attached hydrogens (tertiary/aromatic N) is 1. The summed E-state index contributed by atoms with van der Waals surface area (Å²) in [5.41, 5.74) is 11.0. The molecule has 0 fully saturated rings. The van der Waals surface area contributed by atoms with Crippen LogP contribution in [0.5, 0.6) is 5.75 Å². The lowest BCUT2D eigenvalue weighted by Gasteiger charge is -2.07. The van der Waals surface area contributed by atoms with Crippen molar-refractivity contribution in [2.24, 2.45) is 21.6 Å². The first-order valence-electron chi connectivity index (χ1n) is 6.31. The van der Waals surface area contributed by atoms with Gasteiger partial charge in [0.1, 0.15) is 5.75 Å². The van der Waals surface area contributed by atoms with Gasteiger partial charge in [0, 0.05) is 0 Å². The third kappa shape index (κ3) is 4.28. The number of hydrogen-bond acceptors (Lipinski definition) is 5. The molecule has 23 heavy (non-hydrogen) atoms. The zero-order valence-electron chi connectivity index (χ0n) is 11.8. The first kappa shape index (κ1) is 16.5. The number of primary sulfonamides is 1. The molecule has 8 nitrogen and oxygen atoms in total. The Morgan fingerprint density at radius 2 is 1.61 bits per heavy atom. The smallest absolute Gasteiger partial charge is 0.345 e. The van der Waals surface area contributed by atoms with E-state index in [1.807, 2.05) is 0 Å². The fraction of sp³-hybridized carbons (Fsp3) is 0. The van der Waals surface area contributed by atoms with E-state index in [2.05, 4.69) is 4.99 Å². The van der Waals surface area contributed by atoms with Crippen LogP contribution in [0.4, 0.5) is 5.69 Å². The predicted octanol–water partition coefficient (Wildman–Crippen LogP) is 0.458. The molecule has 0 spiro atoms. The van der Waals surface area contributed by atoms with Crippen LogP contribution in [-0.4, -0.2) is 20.3 Å². The largest absolute Gasteiger partial charge is 0.423 e. The van der Waals surface area contributed by atoms with Crippen molar-refractivity contribution in [1.82, 2.24) is 0 Å². The number of ether oxygens (including phenoxy) is 1. The van der Waals surface area contributed by atoms with Gasteiger partial charge in [-0.1, -0.05) is 12.1 Å². The maximum Gasteiger partial charge on any atom is 0.345 e. The van der Waals surface area contributed by atoms with Gasteiger partial charge < -0.3 is 16.2 Å². The van der Waals surface area contributed by atoms with Crippen LogP contribution in [0.15, 0.2) is 58.4 Å². The monoisotopic (exact) mass is 334 g/mol. The van der Waals surface area contributed by atoms with Gasteiger partial charge in [-0.15, -0.1) is 0 Å². The van der Waals surface area contributed by atoms with E-state index >= 15 is 0 Å². The molecule has 0 heterocycles. The molecule has 0 saturated heterocycles. The summed E-state index contributed by atoms with van der Waals surface area (Å²) in [6.45, 7) is 0. The van der Waals surface area contributed by atoms with Crippen LogP contribution in [0.3, 0.4) is 0 Å². The third-order valence-electron chi connectivity index (χ3n) is 2.74. The zero-order chi connectivity index (χ0) is 17.0. The number of guanidine groups is 1. The van der Waals surface area contributed by atoms with Crippen molar-refractivity contribution in [1.29, 1.82) is 0 Å². The number of carbonyl (C=O) groups is 1. The molecule has 2 rings (SSSR count). The summed E-state index contributed by atoms with van der Waals surface area (Å²) in [5, 5.41) is 4.99. The zero-order valence-corrected chi connectivity index (χ0v) is 12.7. The highest BCUT2D eigenvalue weighted by Gasteiger charge is 2.14. The fourth-order valence-electron chi connectivity index (χ4n) is 1.74. The molecule has 0 unspecified atom stereocenters. The molecule has 9 heteroatoms. The van der Waals surface area contributed by atoms with Gasteiger partial charge in [0.2, 0.25) is 10.0 Å². The normalized spacial score (nSPS) is 10.8. The van der Waals surface area contributed by atoms with Gasteiger partial charge in [-0.2, -0.15) is 0 Å². The second-order valence-corrected chi connectivity index (χ2v) is 6.02. The van der Waals surface area contributed by atoms with Crippen molar-refractivity contribution in [2.45, 2.75) is 4.90 Å². The van der Waals surface area contributed by atoms with Gasteiger partial charge in [0.25, 0.3) is 0 Å². The van der Waals surface area contributed by atoms with E-state index < -0.39 is 16.0 Å². The Labute approximate surface area is 132 Å². The molecule has 120 valence electrons. The quantitative estimate of drug-likeness (QED) is 0.320. The summed E-state index contributed by atoms with van der Waals surface area (Å²) in [5.74, 6) is -0.724. The van der Waals surface area contributed by atoms with Crippen LogP contribution >= 0.6 is 0 Å². The summed E-state index contributed by atoms with van der Waals surface area (Å²) in [6, 6.07) is 11.5. The average molecular weight is 334 g/mol. The number of nitrogens with two attached hydrogens (primary N) is 3. The lowest BCUT2D eigenvalue weighted by atomic mass is 10.2. The highest BCUT2D eigenvalue weighted by Crippen LogP contribution is 2.22. The summed E-state index contributed by atoms with van der Waals surface area (Å²) >= 11 is 0. The Hall–Kier alpha value is -2.91. The number of esters is 1. The maximum atomic E-state index is 12.2. The molecule has 0 radical (unpaired) electrons. The molecule has 2 aromatic rings. The van der Waals surface area contributed by atoms with Crippen LogP contribution in [-0.2, 0) is 10.0 Å². The number of benzene rings is 2. The number of hydrogen-bond donors (Lipinski definition) is 3. The molecule has 0 amide bonds. The van der Waals surface area contributed by atoms with Crippen molar-refractivity contribution >= 4 is 27.6 Å². The molecule has 0 bridgehead atoms. The SMILES string of the molecule is NC(N)=Nc1ccccc1C(=O)Oc1ccc(S(N)(=O)=O)cc1. The Kier molecular flexibility index (Phi) is 4.63. The van der Waals surface area contributed by atoms with E-state index in [-0.39, 0.29) is 27.9 Å². The lowest BCUT2D eigenvalue weighted by Crippen LogP contribution is -2.22. The molecule has 2 aromatic carbocycles. The number of carbonyl (C=O) groups excluding carboxylic acids is 1. The number of para-hydroxylation sites is 1. The second kappa shape index (κ2) is 6.46. The fourth-order valence-corrected chi connectivity index (χ4v) is 2.26. The second-order valence-electron chi connectivity index (χ2n) is 4.46. The van der Waals surface area contributed by atoms with Gasteiger partial charge >= 0.3 is 5.97 Å². The first-order valence-corrected chi connectivity index (χ1v) is 7.86. The van der Waals surface area contributed by atoms with Crippen molar-refractivity contribution in [3.05, 3.63) is 54.1 Å². The minimum absolute atomic E-state index is 0.0850. The van der Waals surface area contributed by atoms with Crippen molar-refractivity contribution in [3.63, 3.8) is 0 Å². The van der Waals surface area contributed by atoms with Crippen LogP contribution in [0, 0.1) is 0 Å². The van der Waals surface area contributed by atoms with E-state index in [4.69, 9.17) is 21.3 Å². The number of rotatable bonds is 4. The summed E-state index contributed by atoms with van der Waals surface area (Å²) in [4.78, 5) is 15.9. The van der Waals surface area contributed by atoms with E-state index in [0.29, 0.717) is 0 Å². The number of sulfonamides is 1. The van der Waals surface area contributed by atoms with Crippen LogP contribution in [0.1, 0.15) is 10.4 Å². The minimum atomic E-state index is -3.81. The molecule has 0 aliphatic heterocycles. The Morgan fingerprint density at radius 1 is 1.00 bits per heavy atom. The minimum Gasteiger partial charge on any atom is -0.423 e. The first-order chi connectivity index (χ1) is 10.8. The summed E-state index contributed by atoms with van der Waals surface area (Å²) < 4.78 is 27.5. The van der Waals surface area contributed by atoms with Crippen LogP contribution in [0.2, 0.25) is 0 Å². The number of aliphatic imine (C=N–C) groups is 1. The standard InChI is InChI=1S/C14H14N4O4S/c15-14(16)18-12-4-2-1-3-11(12)13(19)22-9-5-7-10(8-6-9)23(17,20)21/h1-8H,(H4,15,16,18)(H2,17,20,21). The average Bonchev–Trinajstić information content (AvgIpc) is 2.46. The summed E-state index contributed by atoms with van der Waals surface area (Å²) in [7, 11) is -3.81. The molecular formula is C14H14N4O4S. The topological polar surface area (TPSA) is 151 Å². The van der Waals surface area contributed by atoms with Crippen molar-refractivity contribution in [2.75, 3.05) is 0 Å². The predicted molar refractivity (Wildman–Crippen MR) is 84.7 cm³/mol. The maximum absolute atomic E-state index is 12.2. The van der Waals surface area contributed by atoms with Gasteiger partial charge in [-0.3, -0.25) is 0 Å². The Bertz CT molecular complexity index is 857. The Morgan fingerprint density at radius 3 is 2.17 bits per heavy atom. The molecule has 0 aliphatic carbocycles. The lowest BCUT2D eigenvalue weighted by molar-refractivity contribution is 0.0735. The van der Waals surface area contributed by atoms with E-state index in [1.54, 1.807) is 18.2 Å². The van der Waals surface area contributed by atoms with E-state index in [1.165, 1.54) is 30.3 Å². The van der Waals surface area contributed by atoms with Crippen LogP contribution in [0.25, 0.3) is 0 Å². The van der Waals surface area contributed by atoms with E-state index in [9.17, 15) is 13.2 Å². The third-order valence-corrected chi connectivity index (χ3v) is 3.67. The molecule has 0 atom stereocenters. The highest BCUT2D eigenvalue weighted by atomic mass is 32.2. The van der Waals surface area contributed by atoms with Crippen molar-refractivity contribution in [3.8, 4) is 5.75 Å². The van der Waals surface area contributed by atoms with E-state index in [0.717, 1.165) is 0 Å². The molecular weight excluding hydrogens is 320 g/mol. The van der Waals surface area contributed by atoms with Crippen molar-refractivity contribution < 1.29 is 17.9 Å². The highest BCUT2D eigenvalue weighted by molar-refractivity contribution is 7.89. The molecule has 6 N–H and O–H groups in total. The molecule has 0 aliphatic rings. The summed E-state index contributed by atoms with van der Waals surface area (Å²) in [6.07, 6.45) is 0. The van der Waals surface area contributed by atoms with Gasteiger partial charge in [0.15, 0.2) is 5.96 Å². The van der Waals surface area contributed by atoms with Gasteiger partial charge in [-0.25, -0.2) is 23.3 Å². The van der Waals surface area contributed by atoms with Gasteiger partial charge in [-0.05, 0) is 36.4 Å². The Balaban J connectivity index is 2.25. The van der Waals surface area contributed by atoms with Gasteiger partial charge in [0.05, 0.1) is 16.1 Å². The van der Waals surface area contributed by atoms with Crippen LogP contribution < -0.4 is 21.3 Å².